The van der Waals surface area contributed by atoms with Gasteiger partial charge in [0.1, 0.15) is 10.8 Å². The monoisotopic (exact) mass is 513 g/mol. The second-order valence-electron chi connectivity index (χ2n) is 10.1. The van der Waals surface area contributed by atoms with Crippen molar-refractivity contribution in [1.82, 2.24) is 0 Å². The van der Waals surface area contributed by atoms with Crippen LogP contribution in [0.2, 0.25) is 0 Å². The van der Waals surface area contributed by atoms with Crippen LogP contribution in [0, 0.1) is 11.3 Å². The smallest absolute Gasteiger partial charge is 0.164 e. The van der Waals surface area contributed by atoms with Crippen LogP contribution in [-0.2, 0) is 4.79 Å². The number of carbonyl (C=O) groups excluding carboxylic acids is 1. The van der Waals surface area contributed by atoms with E-state index >= 15 is 0 Å². The molecular weight excluding hydrogens is 486 g/mol. The average molecular weight is 514 g/mol. The fourth-order valence-corrected chi connectivity index (χ4v) is 8.28. The van der Waals surface area contributed by atoms with Crippen LogP contribution in [0.3, 0.4) is 0 Å². The lowest BCUT2D eigenvalue weighted by molar-refractivity contribution is -0.116. The highest BCUT2D eigenvalue weighted by molar-refractivity contribution is 7.21. The van der Waals surface area contributed by atoms with E-state index in [0.29, 0.717) is 46.6 Å². The highest BCUT2D eigenvalue weighted by atomic mass is 32.1. The molecule has 1 fully saturated rings. The maximum Gasteiger partial charge on any atom is 0.164 e. The molecule has 1 saturated heterocycles. The molecule has 2 aromatic rings. The summed E-state index contributed by atoms with van der Waals surface area (Å²) in [5, 5.41) is 12.8. The van der Waals surface area contributed by atoms with Crippen LogP contribution < -0.4 is 25.0 Å². The number of Topliss-reactive ketones (excluding diaryl/α,β-unsaturated/α-hetero) is 1. The predicted octanol–water partition coefficient (Wildman–Crippen LogP) is 4.53. The Kier molecular flexibility index (Phi) is 4.92. The number of allylic oxidation sites excluding steroid dienone is 3. The summed E-state index contributed by atoms with van der Waals surface area (Å²) in [5.41, 5.74) is 11.7. The Bertz CT molecular complexity index is 1500. The molecule has 6 aliphatic rings. The van der Waals surface area contributed by atoms with Crippen LogP contribution >= 0.6 is 11.3 Å². The van der Waals surface area contributed by atoms with Gasteiger partial charge in [-0.25, -0.2) is 4.99 Å². The van der Waals surface area contributed by atoms with Crippen LogP contribution in [0.4, 0.5) is 10.0 Å². The summed E-state index contributed by atoms with van der Waals surface area (Å²) in [7, 11) is 3.16. The largest absolute Gasteiger partial charge is 0.493 e. The number of carbonyl (C=O) groups is 1. The molecule has 1 aromatic carbocycles. The van der Waals surface area contributed by atoms with E-state index in [0.717, 1.165) is 60.6 Å². The summed E-state index contributed by atoms with van der Waals surface area (Å²) in [6, 6.07) is 8.01. The van der Waals surface area contributed by atoms with E-state index in [4.69, 9.17) is 20.2 Å². The Morgan fingerprint density at radius 3 is 2.70 bits per heavy atom. The summed E-state index contributed by atoms with van der Waals surface area (Å²) in [6.07, 6.45) is 4.20. The molecule has 6 heterocycles. The van der Waals surface area contributed by atoms with Crippen LogP contribution in [-0.4, -0.2) is 38.9 Å². The Morgan fingerprint density at radius 1 is 1.16 bits per heavy atom. The number of anilines is 2. The molecule has 0 spiro atoms. The van der Waals surface area contributed by atoms with Crippen molar-refractivity contribution in [1.29, 1.82) is 5.26 Å². The van der Waals surface area contributed by atoms with E-state index < -0.39 is 5.92 Å². The highest BCUT2D eigenvalue weighted by Gasteiger charge is 2.47. The maximum absolute atomic E-state index is 13.6. The first kappa shape index (κ1) is 22.4. The normalized spacial score (nSPS) is 22.2. The summed E-state index contributed by atoms with van der Waals surface area (Å²) >= 11 is 1.73. The second kappa shape index (κ2) is 8.12. The van der Waals surface area contributed by atoms with Gasteiger partial charge in [0, 0.05) is 41.9 Å². The van der Waals surface area contributed by atoms with E-state index in [2.05, 4.69) is 15.9 Å². The van der Waals surface area contributed by atoms with Gasteiger partial charge in [0.2, 0.25) is 0 Å². The van der Waals surface area contributed by atoms with Crippen molar-refractivity contribution in [2.75, 3.05) is 37.1 Å². The summed E-state index contributed by atoms with van der Waals surface area (Å²) < 4.78 is 11.3. The zero-order valence-corrected chi connectivity index (χ0v) is 21.7. The number of benzene rings is 1. The minimum Gasteiger partial charge on any atom is -0.493 e. The van der Waals surface area contributed by atoms with E-state index in [1.807, 2.05) is 18.2 Å². The van der Waals surface area contributed by atoms with Gasteiger partial charge in [-0.15, -0.1) is 0 Å². The fraction of sp³-hybridized carbons (Fsp3) is 0.393. The van der Waals surface area contributed by atoms with E-state index in [1.54, 1.807) is 25.6 Å². The number of hydrogen-bond donors (Lipinski definition) is 1. The Morgan fingerprint density at radius 2 is 1.97 bits per heavy atom. The molecule has 8 rings (SSSR count). The zero-order valence-electron chi connectivity index (χ0n) is 20.8. The number of nitriles is 1. The Labute approximate surface area is 219 Å². The van der Waals surface area contributed by atoms with Crippen molar-refractivity contribution in [2.24, 2.45) is 10.7 Å². The maximum atomic E-state index is 13.6. The van der Waals surface area contributed by atoms with Gasteiger partial charge in [0.05, 0.1) is 42.3 Å². The number of ketones is 1. The molecule has 1 unspecified atom stereocenters. The zero-order chi connectivity index (χ0) is 25.4. The number of nitrogens with zero attached hydrogens (tertiary/aromatic N) is 4. The molecule has 2 bridgehead atoms. The standard InChI is InChI=1S/C28H27N5O3S/c1-35-19-8-3-5-15(24(19)36-2)21-16(13-29)26-31-25(30)23-20-14-9-11-32(12-10-14)27(20)37-28(23)33(26)17-6-4-7-18(34)22(17)21/h3,5,8,14,21H,4,6-7,9-12H2,1-2H3,(H2,30,31). The molecule has 0 saturated carbocycles. The molecule has 1 aromatic heterocycles. The first-order valence-corrected chi connectivity index (χ1v) is 13.6. The lowest BCUT2D eigenvalue weighted by Crippen LogP contribution is -2.40. The highest BCUT2D eigenvalue weighted by Crippen LogP contribution is 2.58. The van der Waals surface area contributed by atoms with Gasteiger partial charge in [0.15, 0.2) is 23.1 Å². The quantitative estimate of drug-likeness (QED) is 0.643. The minimum atomic E-state index is -0.600. The predicted molar refractivity (Wildman–Crippen MR) is 143 cm³/mol. The van der Waals surface area contributed by atoms with Gasteiger partial charge < -0.3 is 20.1 Å². The molecule has 1 aliphatic carbocycles. The van der Waals surface area contributed by atoms with Gasteiger partial charge >= 0.3 is 0 Å². The number of nitrogens with two attached hydrogens (primary N) is 1. The molecule has 188 valence electrons. The van der Waals surface area contributed by atoms with Crippen LogP contribution in [0.25, 0.3) is 0 Å². The molecule has 37 heavy (non-hydrogen) atoms. The van der Waals surface area contributed by atoms with Crippen molar-refractivity contribution in [2.45, 2.75) is 43.9 Å². The SMILES string of the molecule is COc1cccc(C2C(C#N)=C3N=C(N)c4c(sc5c4C4CCN5CC4)N3C3=C2C(=O)CCC3)c1OC. The third kappa shape index (κ3) is 2.93. The number of aliphatic imine (C=N–C) groups is 1. The second-order valence-corrected chi connectivity index (χ2v) is 11.1. The molecular formula is C28H27N5O3S. The summed E-state index contributed by atoms with van der Waals surface area (Å²) in [5.74, 6) is 2.01. The van der Waals surface area contributed by atoms with E-state index in [9.17, 15) is 10.1 Å². The minimum absolute atomic E-state index is 0.0668. The first-order valence-electron chi connectivity index (χ1n) is 12.7. The van der Waals surface area contributed by atoms with Gasteiger partial charge in [-0.3, -0.25) is 9.69 Å². The van der Waals surface area contributed by atoms with Crippen molar-refractivity contribution in [3.63, 3.8) is 0 Å². The summed E-state index contributed by atoms with van der Waals surface area (Å²) in [6.45, 7) is 2.12. The average Bonchev–Trinajstić information content (AvgIpc) is 3.36. The number of piperidine rings is 1. The van der Waals surface area contributed by atoms with Crippen LogP contribution in [0.1, 0.15) is 60.6 Å². The van der Waals surface area contributed by atoms with Gasteiger partial charge in [-0.2, -0.15) is 5.26 Å². The van der Waals surface area contributed by atoms with Crippen LogP contribution in [0.15, 0.2) is 45.9 Å². The molecule has 1 atom stereocenters. The van der Waals surface area contributed by atoms with Crippen molar-refractivity contribution >= 4 is 33.0 Å². The fourth-order valence-electron chi connectivity index (χ4n) is 6.80. The topological polar surface area (TPSA) is 104 Å². The van der Waals surface area contributed by atoms with E-state index in [-0.39, 0.29) is 5.78 Å². The van der Waals surface area contributed by atoms with Crippen LogP contribution in [0.5, 0.6) is 11.5 Å². The van der Waals surface area contributed by atoms with Crippen molar-refractivity contribution < 1.29 is 14.3 Å². The molecule has 9 heteroatoms. The number of ether oxygens (including phenoxy) is 2. The molecule has 5 aliphatic heterocycles. The molecule has 0 radical (unpaired) electrons. The lowest BCUT2D eigenvalue weighted by Gasteiger charge is -2.41. The Hall–Kier alpha value is -3.77. The molecule has 0 amide bonds. The number of hydrogen-bond acceptors (Lipinski definition) is 9. The van der Waals surface area contributed by atoms with Gasteiger partial charge in [-0.05, 0) is 37.7 Å². The number of para-hydroxylation sites is 1. The molecule has 2 N–H and O–H groups in total. The Balaban J connectivity index is 1.51. The lowest BCUT2D eigenvalue weighted by atomic mass is 9.75. The third-order valence-corrected chi connectivity index (χ3v) is 9.63. The summed E-state index contributed by atoms with van der Waals surface area (Å²) in [4.78, 5) is 23.1. The molecule has 8 nitrogen and oxygen atoms in total. The third-order valence-electron chi connectivity index (χ3n) is 8.38. The number of fused-ring (bicyclic) bond motifs is 6. The van der Waals surface area contributed by atoms with E-state index in [1.165, 1.54) is 10.6 Å². The number of thiophene rings is 1. The number of methoxy groups -OCH3 is 2. The van der Waals surface area contributed by atoms with Gasteiger partial charge in [-0.1, -0.05) is 23.5 Å². The van der Waals surface area contributed by atoms with Crippen molar-refractivity contribution in [3.8, 4) is 17.6 Å². The van der Waals surface area contributed by atoms with Crippen molar-refractivity contribution in [3.05, 3.63) is 57.6 Å². The first-order chi connectivity index (χ1) is 18.1. The number of rotatable bonds is 3. The van der Waals surface area contributed by atoms with Gasteiger partial charge in [0.25, 0.3) is 0 Å². The number of amidine groups is 1.